The minimum atomic E-state index is -0.619. The molecule has 0 bridgehead atoms. The van der Waals surface area contributed by atoms with Crippen LogP contribution in [0.4, 0.5) is 4.79 Å². The summed E-state index contributed by atoms with van der Waals surface area (Å²) < 4.78 is 13.0. The van der Waals surface area contributed by atoms with Crippen molar-refractivity contribution in [2.45, 2.75) is 73.2 Å². The molecule has 1 aliphatic heterocycles. The molecule has 3 heterocycles. The fourth-order valence-electron chi connectivity index (χ4n) is 4.12. The molecular weight excluding hydrogens is 460 g/mol. The van der Waals surface area contributed by atoms with E-state index in [1.165, 1.54) is 0 Å². The summed E-state index contributed by atoms with van der Waals surface area (Å²) in [6, 6.07) is 9.17. The van der Waals surface area contributed by atoms with Crippen molar-refractivity contribution < 1.29 is 18.8 Å². The number of nitrogens with zero attached hydrogens (tertiary/aromatic N) is 5. The van der Waals surface area contributed by atoms with Gasteiger partial charge in [0.1, 0.15) is 17.5 Å². The van der Waals surface area contributed by atoms with Gasteiger partial charge in [-0.3, -0.25) is 4.79 Å². The Balaban J connectivity index is 1.71. The van der Waals surface area contributed by atoms with Gasteiger partial charge in [0.25, 0.3) is 5.91 Å². The highest BCUT2D eigenvalue weighted by Crippen LogP contribution is 2.33. The SMILES string of the molecule is Cc1noc([C@@H](NC(=O)c2nc(-c3ccccc3)n3c2CN(C(=O)OC(C)(C)C)CC3)C(C)(C)C)n1. The second-order valence-corrected chi connectivity index (χ2v) is 11.1. The summed E-state index contributed by atoms with van der Waals surface area (Å²) >= 11 is 0. The van der Waals surface area contributed by atoms with Crippen molar-refractivity contribution in [3.05, 3.63) is 53.4 Å². The number of carbonyl (C=O) groups excluding carboxylic acids is 2. The zero-order valence-electron chi connectivity index (χ0n) is 22.0. The second kappa shape index (κ2) is 9.40. The highest BCUT2D eigenvalue weighted by Gasteiger charge is 2.36. The van der Waals surface area contributed by atoms with Gasteiger partial charge < -0.3 is 24.0 Å². The summed E-state index contributed by atoms with van der Waals surface area (Å²) in [5.74, 6) is 1.13. The quantitative estimate of drug-likeness (QED) is 0.567. The number of amides is 2. The van der Waals surface area contributed by atoms with Crippen LogP contribution in [0.15, 0.2) is 34.9 Å². The van der Waals surface area contributed by atoms with Gasteiger partial charge in [-0.2, -0.15) is 4.98 Å². The van der Waals surface area contributed by atoms with E-state index in [-0.39, 0.29) is 18.1 Å². The molecule has 2 amide bonds. The van der Waals surface area contributed by atoms with E-state index in [2.05, 4.69) is 15.5 Å². The van der Waals surface area contributed by atoms with E-state index in [0.29, 0.717) is 36.3 Å². The minimum absolute atomic E-state index is 0.206. The molecule has 10 heteroatoms. The van der Waals surface area contributed by atoms with E-state index in [4.69, 9.17) is 14.2 Å². The number of carbonyl (C=O) groups is 2. The van der Waals surface area contributed by atoms with Crippen molar-refractivity contribution in [2.75, 3.05) is 6.54 Å². The van der Waals surface area contributed by atoms with Gasteiger partial charge >= 0.3 is 6.09 Å². The Morgan fingerprint density at radius 2 is 1.75 bits per heavy atom. The summed E-state index contributed by atoms with van der Waals surface area (Å²) in [6.07, 6.45) is -0.420. The van der Waals surface area contributed by atoms with Crippen LogP contribution in [0.5, 0.6) is 0 Å². The maximum absolute atomic E-state index is 13.7. The number of imidazole rings is 1. The molecule has 0 spiro atoms. The number of rotatable bonds is 4. The number of benzene rings is 1. The van der Waals surface area contributed by atoms with Gasteiger partial charge in [-0.1, -0.05) is 56.3 Å². The van der Waals surface area contributed by atoms with E-state index >= 15 is 0 Å². The lowest BCUT2D eigenvalue weighted by Gasteiger charge is -2.32. The molecule has 0 fully saturated rings. The Bertz CT molecular complexity index is 1250. The van der Waals surface area contributed by atoms with Crippen molar-refractivity contribution >= 4 is 12.0 Å². The average molecular weight is 495 g/mol. The Morgan fingerprint density at radius 1 is 1.06 bits per heavy atom. The summed E-state index contributed by atoms with van der Waals surface area (Å²) in [5, 5.41) is 6.94. The monoisotopic (exact) mass is 494 g/mol. The first-order chi connectivity index (χ1) is 16.8. The van der Waals surface area contributed by atoms with Crippen LogP contribution < -0.4 is 5.32 Å². The van der Waals surface area contributed by atoms with Gasteiger partial charge in [0, 0.05) is 18.7 Å². The maximum atomic E-state index is 13.7. The summed E-state index contributed by atoms with van der Waals surface area (Å²) in [7, 11) is 0. The first-order valence-corrected chi connectivity index (χ1v) is 12.1. The number of ether oxygens (including phenoxy) is 1. The van der Waals surface area contributed by atoms with Crippen LogP contribution in [-0.4, -0.2) is 48.7 Å². The van der Waals surface area contributed by atoms with Gasteiger partial charge in [0.2, 0.25) is 5.89 Å². The van der Waals surface area contributed by atoms with Crippen molar-refractivity contribution in [3.63, 3.8) is 0 Å². The molecule has 10 nitrogen and oxygen atoms in total. The average Bonchev–Trinajstić information content (AvgIpc) is 3.39. The van der Waals surface area contributed by atoms with Crippen LogP contribution in [0.3, 0.4) is 0 Å². The number of hydrogen-bond donors (Lipinski definition) is 1. The molecule has 1 N–H and O–H groups in total. The molecule has 36 heavy (non-hydrogen) atoms. The largest absolute Gasteiger partial charge is 0.444 e. The highest BCUT2D eigenvalue weighted by atomic mass is 16.6. The molecular formula is C26H34N6O4. The molecule has 0 unspecified atom stereocenters. The molecule has 3 aromatic rings. The van der Waals surface area contributed by atoms with Crippen LogP contribution >= 0.6 is 0 Å². The first-order valence-electron chi connectivity index (χ1n) is 12.1. The smallest absolute Gasteiger partial charge is 0.410 e. The first kappa shape index (κ1) is 25.4. The molecule has 2 aromatic heterocycles. The molecule has 1 aromatic carbocycles. The van der Waals surface area contributed by atoms with Gasteiger partial charge in [0.15, 0.2) is 11.5 Å². The Labute approximate surface area is 211 Å². The third-order valence-corrected chi connectivity index (χ3v) is 5.84. The Kier molecular flexibility index (Phi) is 6.64. The minimum Gasteiger partial charge on any atom is -0.444 e. The fourth-order valence-corrected chi connectivity index (χ4v) is 4.12. The highest BCUT2D eigenvalue weighted by molar-refractivity contribution is 5.94. The van der Waals surface area contributed by atoms with Crippen LogP contribution in [0, 0.1) is 12.3 Å². The van der Waals surface area contributed by atoms with Gasteiger partial charge in [-0.25, -0.2) is 9.78 Å². The number of fused-ring (bicyclic) bond motifs is 1. The summed E-state index contributed by atoms with van der Waals surface area (Å²) in [6.45, 7) is 14.3. The number of hydrogen-bond acceptors (Lipinski definition) is 7. The van der Waals surface area contributed by atoms with Gasteiger partial charge in [-0.15, -0.1) is 0 Å². The third-order valence-electron chi connectivity index (χ3n) is 5.84. The van der Waals surface area contributed by atoms with E-state index in [9.17, 15) is 9.59 Å². The van der Waals surface area contributed by atoms with E-state index in [0.717, 1.165) is 5.56 Å². The summed E-state index contributed by atoms with van der Waals surface area (Å²) in [5.41, 5.74) is 0.778. The normalized spacial score (nSPS) is 14.8. The van der Waals surface area contributed by atoms with Crippen molar-refractivity contribution in [1.29, 1.82) is 0 Å². The topological polar surface area (TPSA) is 115 Å². The molecule has 0 saturated heterocycles. The number of nitrogens with one attached hydrogen (secondary N) is 1. The van der Waals surface area contributed by atoms with Crippen LogP contribution in [0.25, 0.3) is 11.4 Å². The molecule has 1 aliphatic rings. The van der Waals surface area contributed by atoms with Gasteiger partial charge in [0.05, 0.1) is 12.2 Å². The lowest BCUT2D eigenvalue weighted by Crippen LogP contribution is -2.42. The molecule has 0 radical (unpaired) electrons. The molecule has 0 saturated carbocycles. The standard InChI is InChI=1S/C26H34N6O4/c1-16-27-23(36-30-16)20(25(2,3)4)29-22(33)19-18-15-31(24(34)35-26(5,6)7)13-14-32(18)21(28-19)17-11-9-8-10-12-17/h8-12,20H,13-15H2,1-7H3,(H,29,33)/t20-/m1/s1. The van der Waals surface area contributed by atoms with E-state index in [1.54, 1.807) is 11.8 Å². The second-order valence-electron chi connectivity index (χ2n) is 11.1. The molecule has 0 aliphatic carbocycles. The number of aryl methyl sites for hydroxylation is 1. The molecule has 192 valence electrons. The predicted molar refractivity (Wildman–Crippen MR) is 133 cm³/mol. The predicted octanol–water partition coefficient (Wildman–Crippen LogP) is 4.51. The van der Waals surface area contributed by atoms with E-state index < -0.39 is 23.2 Å². The van der Waals surface area contributed by atoms with Crippen molar-refractivity contribution in [1.82, 2.24) is 29.9 Å². The Morgan fingerprint density at radius 3 is 2.33 bits per heavy atom. The van der Waals surface area contributed by atoms with Gasteiger partial charge in [-0.05, 0) is 33.1 Å². The zero-order chi connectivity index (χ0) is 26.3. The van der Waals surface area contributed by atoms with Crippen LogP contribution in [0.1, 0.15) is 75.5 Å². The lowest BCUT2D eigenvalue weighted by molar-refractivity contribution is 0.0198. The fraction of sp³-hybridized carbons (Fsp3) is 0.500. The Hall–Kier alpha value is -3.69. The van der Waals surface area contributed by atoms with Crippen molar-refractivity contribution in [3.8, 4) is 11.4 Å². The van der Waals surface area contributed by atoms with Crippen molar-refractivity contribution in [2.24, 2.45) is 5.41 Å². The van der Waals surface area contributed by atoms with Crippen LogP contribution in [-0.2, 0) is 17.8 Å². The molecule has 1 atom stereocenters. The van der Waals surface area contributed by atoms with Crippen LogP contribution in [0.2, 0.25) is 0 Å². The lowest BCUT2D eigenvalue weighted by atomic mass is 9.86. The van der Waals surface area contributed by atoms with E-state index in [1.807, 2.05) is 76.4 Å². The zero-order valence-corrected chi connectivity index (χ0v) is 22.0. The third kappa shape index (κ3) is 5.42. The number of aromatic nitrogens is 4. The molecule has 4 rings (SSSR count). The summed E-state index contributed by atoms with van der Waals surface area (Å²) in [4.78, 5) is 37.2. The maximum Gasteiger partial charge on any atom is 0.410 e.